The number of fused-ring (bicyclic) bond motifs is 1. The Labute approximate surface area is 167 Å². The van der Waals surface area contributed by atoms with E-state index >= 15 is 0 Å². The molecule has 0 atom stereocenters. The summed E-state index contributed by atoms with van der Waals surface area (Å²) < 4.78 is 5.80. The molecule has 3 nitrogen and oxygen atoms in total. The molecule has 0 spiro atoms. The second kappa shape index (κ2) is 10.5. The van der Waals surface area contributed by atoms with E-state index in [1.54, 1.807) is 0 Å². The zero-order valence-corrected chi connectivity index (χ0v) is 16.6. The topological polar surface area (TPSA) is 38.3 Å². The predicted molar refractivity (Wildman–Crippen MR) is 116 cm³/mol. The van der Waals surface area contributed by atoms with Crippen molar-refractivity contribution in [1.82, 2.24) is 5.32 Å². The monoisotopic (exact) mass is 375 g/mol. The van der Waals surface area contributed by atoms with Gasteiger partial charge in [0.15, 0.2) is 0 Å². The first-order valence-electron chi connectivity index (χ1n) is 10.2. The highest BCUT2D eigenvalue weighted by molar-refractivity contribution is 5.86. The largest absolute Gasteiger partial charge is 0.493 e. The van der Waals surface area contributed by atoms with Crippen LogP contribution in [0, 0.1) is 0 Å². The van der Waals surface area contributed by atoms with E-state index in [1.165, 1.54) is 21.9 Å². The maximum atomic E-state index is 12.2. The number of hydrogen-bond donors (Lipinski definition) is 1. The lowest BCUT2D eigenvalue weighted by molar-refractivity contribution is -0.121. The molecule has 0 heterocycles. The van der Waals surface area contributed by atoms with Gasteiger partial charge in [-0.15, -0.1) is 0 Å². The standard InChI is InChI=1S/C25H29NO2/c1-2-19-28-24-15-6-4-10-22(24)13-8-18-26-25(27)17-16-21-12-7-11-20-9-3-5-14-23(20)21/h3-7,9-12,14-15H,2,8,13,16-19H2,1H3,(H,26,27). The van der Waals surface area contributed by atoms with Gasteiger partial charge in [-0.05, 0) is 53.6 Å². The SMILES string of the molecule is CCCOc1ccccc1CCCNC(=O)CCc1cccc2ccccc12. The molecule has 3 rings (SSSR count). The number of nitrogens with one attached hydrogen (secondary N) is 1. The van der Waals surface area contributed by atoms with Crippen molar-refractivity contribution in [2.24, 2.45) is 0 Å². The van der Waals surface area contributed by atoms with Crippen molar-refractivity contribution in [3.63, 3.8) is 0 Å². The molecule has 0 fully saturated rings. The summed E-state index contributed by atoms with van der Waals surface area (Å²) in [5.74, 6) is 1.08. The van der Waals surface area contributed by atoms with Crippen molar-refractivity contribution in [3.8, 4) is 5.75 Å². The van der Waals surface area contributed by atoms with Crippen molar-refractivity contribution in [1.29, 1.82) is 0 Å². The van der Waals surface area contributed by atoms with Crippen LogP contribution in [0.25, 0.3) is 10.8 Å². The van der Waals surface area contributed by atoms with Crippen LogP contribution >= 0.6 is 0 Å². The second-order valence-corrected chi connectivity index (χ2v) is 7.05. The molecule has 0 radical (unpaired) electrons. The highest BCUT2D eigenvalue weighted by atomic mass is 16.5. The third kappa shape index (κ3) is 5.59. The summed E-state index contributed by atoms with van der Waals surface area (Å²) in [6.45, 7) is 3.54. The lowest BCUT2D eigenvalue weighted by Crippen LogP contribution is -2.25. The second-order valence-electron chi connectivity index (χ2n) is 7.05. The molecule has 146 valence electrons. The number of ether oxygens (including phenoxy) is 1. The maximum absolute atomic E-state index is 12.2. The molecule has 0 unspecified atom stereocenters. The summed E-state index contributed by atoms with van der Waals surface area (Å²) in [5.41, 5.74) is 2.44. The fourth-order valence-electron chi connectivity index (χ4n) is 3.42. The van der Waals surface area contributed by atoms with Gasteiger partial charge in [-0.3, -0.25) is 4.79 Å². The van der Waals surface area contributed by atoms with E-state index in [9.17, 15) is 4.79 Å². The van der Waals surface area contributed by atoms with Crippen molar-refractivity contribution in [3.05, 3.63) is 77.9 Å². The third-order valence-corrected chi connectivity index (χ3v) is 4.88. The smallest absolute Gasteiger partial charge is 0.220 e. The first kappa shape index (κ1) is 19.9. The Balaban J connectivity index is 1.43. The third-order valence-electron chi connectivity index (χ3n) is 4.88. The normalized spacial score (nSPS) is 10.8. The van der Waals surface area contributed by atoms with Crippen molar-refractivity contribution < 1.29 is 9.53 Å². The Morgan fingerprint density at radius 1 is 0.893 bits per heavy atom. The number of carbonyl (C=O) groups is 1. The molecular formula is C25H29NO2. The Morgan fingerprint density at radius 3 is 2.54 bits per heavy atom. The number of carbonyl (C=O) groups excluding carboxylic acids is 1. The van der Waals surface area contributed by atoms with Gasteiger partial charge < -0.3 is 10.1 Å². The Hall–Kier alpha value is -2.81. The van der Waals surface area contributed by atoms with Gasteiger partial charge in [-0.2, -0.15) is 0 Å². The molecule has 0 saturated heterocycles. The molecule has 0 bridgehead atoms. The summed E-state index contributed by atoms with van der Waals surface area (Å²) in [7, 11) is 0. The zero-order valence-electron chi connectivity index (χ0n) is 16.6. The van der Waals surface area contributed by atoms with E-state index in [0.29, 0.717) is 13.0 Å². The summed E-state index contributed by atoms with van der Waals surface area (Å²) in [6.07, 6.45) is 4.10. The Bertz CT molecular complexity index is 898. The Morgan fingerprint density at radius 2 is 1.64 bits per heavy atom. The van der Waals surface area contributed by atoms with Gasteiger partial charge in [0.2, 0.25) is 5.91 Å². The molecule has 0 aromatic heterocycles. The minimum absolute atomic E-state index is 0.114. The van der Waals surface area contributed by atoms with E-state index in [2.05, 4.69) is 48.6 Å². The van der Waals surface area contributed by atoms with Gasteiger partial charge in [0.25, 0.3) is 0 Å². The van der Waals surface area contributed by atoms with E-state index in [-0.39, 0.29) is 5.91 Å². The molecule has 0 aliphatic carbocycles. The number of para-hydroxylation sites is 1. The number of amides is 1. The van der Waals surface area contributed by atoms with Crippen LogP contribution in [0.4, 0.5) is 0 Å². The van der Waals surface area contributed by atoms with Gasteiger partial charge >= 0.3 is 0 Å². The molecule has 0 saturated carbocycles. The summed E-state index contributed by atoms with van der Waals surface area (Å²) in [6, 6.07) is 22.8. The summed E-state index contributed by atoms with van der Waals surface area (Å²) >= 11 is 0. The van der Waals surface area contributed by atoms with E-state index in [1.807, 2.05) is 30.3 Å². The number of benzene rings is 3. The average molecular weight is 376 g/mol. The number of hydrogen-bond acceptors (Lipinski definition) is 2. The van der Waals surface area contributed by atoms with Gasteiger partial charge in [-0.25, -0.2) is 0 Å². The van der Waals surface area contributed by atoms with Crippen molar-refractivity contribution in [2.45, 2.75) is 39.0 Å². The fraction of sp³-hybridized carbons (Fsp3) is 0.320. The van der Waals surface area contributed by atoms with Crippen LogP contribution in [0.2, 0.25) is 0 Å². The van der Waals surface area contributed by atoms with E-state index < -0.39 is 0 Å². The molecule has 1 amide bonds. The number of rotatable bonds is 10. The molecule has 3 aromatic carbocycles. The minimum atomic E-state index is 0.114. The summed E-state index contributed by atoms with van der Waals surface area (Å²) in [5, 5.41) is 5.52. The first-order chi connectivity index (χ1) is 13.8. The van der Waals surface area contributed by atoms with Gasteiger partial charge in [0.1, 0.15) is 5.75 Å². The van der Waals surface area contributed by atoms with E-state index in [0.717, 1.165) is 38.0 Å². The van der Waals surface area contributed by atoms with Crippen LogP contribution in [0.5, 0.6) is 5.75 Å². The van der Waals surface area contributed by atoms with Crippen LogP contribution in [-0.2, 0) is 17.6 Å². The molecule has 28 heavy (non-hydrogen) atoms. The van der Waals surface area contributed by atoms with Crippen LogP contribution in [-0.4, -0.2) is 19.1 Å². The van der Waals surface area contributed by atoms with Gasteiger partial charge in [0, 0.05) is 13.0 Å². The van der Waals surface area contributed by atoms with Crippen molar-refractivity contribution >= 4 is 16.7 Å². The van der Waals surface area contributed by atoms with Gasteiger partial charge in [0.05, 0.1) is 6.61 Å². The quantitative estimate of drug-likeness (QED) is 0.488. The molecule has 1 N–H and O–H groups in total. The molecule has 3 heteroatoms. The van der Waals surface area contributed by atoms with Crippen LogP contribution in [0.15, 0.2) is 66.7 Å². The molecule has 3 aromatic rings. The minimum Gasteiger partial charge on any atom is -0.493 e. The lowest BCUT2D eigenvalue weighted by atomic mass is 10.0. The van der Waals surface area contributed by atoms with Crippen molar-refractivity contribution in [2.75, 3.05) is 13.2 Å². The van der Waals surface area contributed by atoms with E-state index in [4.69, 9.17) is 4.74 Å². The number of aryl methyl sites for hydroxylation is 2. The first-order valence-corrected chi connectivity index (χ1v) is 10.2. The predicted octanol–water partition coefficient (Wildman–Crippen LogP) is 5.31. The zero-order chi connectivity index (χ0) is 19.6. The maximum Gasteiger partial charge on any atom is 0.220 e. The average Bonchev–Trinajstić information content (AvgIpc) is 2.74. The Kier molecular flexibility index (Phi) is 7.48. The molecule has 0 aliphatic heterocycles. The highest BCUT2D eigenvalue weighted by Gasteiger charge is 2.06. The van der Waals surface area contributed by atoms with Gasteiger partial charge in [-0.1, -0.05) is 67.6 Å². The van der Waals surface area contributed by atoms with Crippen LogP contribution in [0.3, 0.4) is 0 Å². The summed E-state index contributed by atoms with van der Waals surface area (Å²) in [4.78, 5) is 12.2. The highest BCUT2D eigenvalue weighted by Crippen LogP contribution is 2.20. The lowest BCUT2D eigenvalue weighted by Gasteiger charge is -2.11. The van der Waals surface area contributed by atoms with Crippen LogP contribution < -0.4 is 10.1 Å². The fourth-order valence-corrected chi connectivity index (χ4v) is 3.42. The molecular weight excluding hydrogens is 346 g/mol. The van der Waals surface area contributed by atoms with Crippen LogP contribution in [0.1, 0.15) is 37.3 Å². The molecule has 0 aliphatic rings.